The number of benzene rings is 1. The summed E-state index contributed by atoms with van der Waals surface area (Å²) in [5, 5.41) is 5.77. The molecule has 0 amide bonds. The van der Waals surface area contributed by atoms with Crippen LogP contribution in [0.5, 0.6) is 0 Å². The van der Waals surface area contributed by atoms with Crippen molar-refractivity contribution < 1.29 is 0 Å². The van der Waals surface area contributed by atoms with E-state index in [-0.39, 0.29) is 0 Å². The molecule has 2 aromatic rings. The highest BCUT2D eigenvalue weighted by atomic mass is 35.5. The molecule has 1 aliphatic rings. The maximum Gasteiger partial charge on any atom is 0.148 e. The summed E-state index contributed by atoms with van der Waals surface area (Å²) in [6.07, 6.45) is 0. The maximum atomic E-state index is 6.25. The normalized spacial score (nSPS) is 16.2. The molecule has 0 aliphatic carbocycles. The van der Waals surface area contributed by atoms with Gasteiger partial charge in [-0.25, -0.2) is 5.84 Å². The van der Waals surface area contributed by atoms with Gasteiger partial charge in [-0.1, -0.05) is 28.2 Å². The zero-order chi connectivity index (χ0) is 14.7. The van der Waals surface area contributed by atoms with Gasteiger partial charge in [0.05, 0.1) is 10.7 Å². The Morgan fingerprint density at radius 3 is 2.71 bits per heavy atom. The topological polar surface area (TPSA) is 70.3 Å². The summed E-state index contributed by atoms with van der Waals surface area (Å²) in [7, 11) is 0. The fourth-order valence-corrected chi connectivity index (χ4v) is 3.23. The number of nitrogen functional groups attached to an aromatic ring is 1. The van der Waals surface area contributed by atoms with Gasteiger partial charge in [-0.15, -0.1) is 5.10 Å². The van der Waals surface area contributed by atoms with Crippen LogP contribution in [0.3, 0.4) is 0 Å². The Balaban J connectivity index is 1.59. The van der Waals surface area contributed by atoms with E-state index in [0.717, 1.165) is 54.1 Å². The molecule has 1 saturated heterocycles. The standard InChI is InChI=1S/C13H17ClN6S/c14-10-3-1-2-4-12(10)20-7-5-19(6-8-20)9-11-13(16-15)21-18-17-11/h1-4,16H,5-9,15H2. The average Bonchev–Trinajstić information content (AvgIpc) is 2.96. The van der Waals surface area contributed by atoms with Crippen molar-refractivity contribution in [2.75, 3.05) is 36.5 Å². The van der Waals surface area contributed by atoms with Gasteiger partial charge in [0, 0.05) is 44.3 Å². The number of para-hydroxylation sites is 1. The molecule has 3 N–H and O–H groups in total. The van der Waals surface area contributed by atoms with Crippen molar-refractivity contribution in [3.8, 4) is 0 Å². The molecule has 0 atom stereocenters. The van der Waals surface area contributed by atoms with E-state index in [0.29, 0.717) is 0 Å². The third kappa shape index (κ3) is 3.26. The van der Waals surface area contributed by atoms with E-state index in [9.17, 15) is 0 Å². The van der Waals surface area contributed by atoms with Crippen LogP contribution in [-0.4, -0.2) is 40.7 Å². The Kier molecular flexibility index (Phi) is 4.54. The molecular weight excluding hydrogens is 308 g/mol. The second-order valence-electron chi connectivity index (χ2n) is 4.91. The van der Waals surface area contributed by atoms with Crippen molar-refractivity contribution in [3.63, 3.8) is 0 Å². The zero-order valence-corrected chi connectivity index (χ0v) is 13.1. The summed E-state index contributed by atoms with van der Waals surface area (Å²) in [6.45, 7) is 4.60. The number of nitrogens with zero attached hydrogens (tertiary/aromatic N) is 4. The molecule has 0 spiro atoms. The van der Waals surface area contributed by atoms with Crippen LogP contribution in [0.1, 0.15) is 5.69 Å². The van der Waals surface area contributed by atoms with Gasteiger partial charge < -0.3 is 10.3 Å². The first-order valence-corrected chi connectivity index (χ1v) is 7.92. The van der Waals surface area contributed by atoms with Gasteiger partial charge in [0.25, 0.3) is 0 Å². The van der Waals surface area contributed by atoms with E-state index >= 15 is 0 Å². The van der Waals surface area contributed by atoms with Gasteiger partial charge in [-0.3, -0.25) is 4.90 Å². The summed E-state index contributed by atoms with van der Waals surface area (Å²) >= 11 is 7.54. The second kappa shape index (κ2) is 6.57. The van der Waals surface area contributed by atoms with Crippen LogP contribution in [0.2, 0.25) is 5.02 Å². The van der Waals surface area contributed by atoms with Gasteiger partial charge in [0.2, 0.25) is 0 Å². The monoisotopic (exact) mass is 324 g/mol. The van der Waals surface area contributed by atoms with Crippen molar-refractivity contribution in [1.29, 1.82) is 0 Å². The Bertz CT molecular complexity index is 596. The van der Waals surface area contributed by atoms with Crippen LogP contribution in [0, 0.1) is 0 Å². The van der Waals surface area contributed by atoms with Crippen molar-refractivity contribution in [2.45, 2.75) is 6.54 Å². The highest BCUT2D eigenvalue weighted by Crippen LogP contribution is 2.26. The van der Waals surface area contributed by atoms with Crippen molar-refractivity contribution in [3.05, 3.63) is 35.0 Å². The quantitative estimate of drug-likeness (QED) is 0.660. The Morgan fingerprint density at radius 1 is 1.24 bits per heavy atom. The lowest BCUT2D eigenvalue weighted by atomic mass is 10.2. The Morgan fingerprint density at radius 2 is 2.00 bits per heavy atom. The number of rotatable bonds is 4. The molecule has 1 fully saturated rings. The maximum absolute atomic E-state index is 6.25. The number of piperazine rings is 1. The summed E-state index contributed by atoms with van der Waals surface area (Å²) < 4.78 is 3.93. The van der Waals surface area contributed by atoms with Gasteiger partial charge in [-0.2, -0.15) is 0 Å². The van der Waals surface area contributed by atoms with E-state index in [1.807, 2.05) is 18.2 Å². The third-order valence-electron chi connectivity index (χ3n) is 3.63. The van der Waals surface area contributed by atoms with Crippen LogP contribution in [0.25, 0.3) is 0 Å². The molecule has 0 saturated carbocycles. The number of halogens is 1. The smallest absolute Gasteiger partial charge is 0.148 e. The number of nitrogens with one attached hydrogen (secondary N) is 1. The number of hydrogen-bond acceptors (Lipinski definition) is 7. The molecule has 112 valence electrons. The highest BCUT2D eigenvalue weighted by Gasteiger charge is 2.20. The summed E-state index contributed by atoms with van der Waals surface area (Å²) in [5.41, 5.74) is 4.67. The number of aromatic nitrogens is 2. The van der Waals surface area contributed by atoms with Crippen molar-refractivity contribution >= 4 is 33.8 Å². The van der Waals surface area contributed by atoms with E-state index in [4.69, 9.17) is 17.4 Å². The predicted molar refractivity (Wildman–Crippen MR) is 86.7 cm³/mol. The molecule has 1 aliphatic heterocycles. The van der Waals surface area contributed by atoms with E-state index in [1.165, 1.54) is 11.5 Å². The van der Waals surface area contributed by atoms with Crippen molar-refractivity contribution in [1.82, 2.24) is 14.5 Å². The van der Waals surface area contributed by atoms with E-state index in [1.54, 1.807) is 0 Å². The number of anilines is 2. The first kappa shape index (κ1) is 14.5. The Labute approximate surface area is 132 Å². The van der Waals surface area contributed by atoms with Gasteiger partial charge >= 0.3 is 0 Å². The second-order valence-corrected chi connectivity index (χ2v) is 6.07. The minimum Gasteiger partial charge on any atom is -0.368 e. The molecule has 0 radical (unpaired) electrons. The van der Waals surface area contributed by atoms with Crippen LogP contribution >= 0.6 is 23.1 Å². The number of hydrogen-bond donors (Lipinski definition) is 2. The van der Waals surface area contributed by atoms with E-state index < -0.39 is 0 Å². The fourth-order valence-electron chi connectivity index (χ4n) is 2.49. The Hall–Kier alpha value is -1.41. The first-order chi connectivity index (χ1) is 10.3. The fraction of sp³-hybridized carbons (Fsp3) is 0.385. The van der Waals surface area contributed by atoms with Gasteiger partial charge in [-0.05, 0) is 12.1 Å². The first-order valence-electron chi connectivity index (χ1n) is 6.77. The molecule has 6 nitrogen and oxygen atoms in total. The largest absolute Gasteiger partial charge is 0.368 e. The number of hydrazine groups is 1. The molecule has 0 bridgehead atoms. The highest BCUT2D eigenvalue weighted by molar-refractivity contribution is 7.10. The molecule has 0 unspecified atom stereocenters. The van der Waals surface area contributed by atoms with Gasteiger partial charge in [0.15, 0.2) is 0 Å². The lowest BCUT2D eigenvalue weighted by Gasteiger charge is -2.36. The summed E-state index contributed by atoms with van der Waals surface area (Å²) in [5.74, 6) is 5.45. The van der Waals surface area contributed by atoms with Crippen LogP contribution in [-0.2, 0) is 6.54 Å². The summed E-state index contributed by atoms with van der Waals surface area (Å²) in [4.78, 5) is 4.67. The molecule has 1 aromatic carbocycles. The summed E-state index contributed by atoms with van der Waals surface area (Å²) in [6, 6.07) is 7.98. The molecule has 8 heteroatoms. The SMILES string of the molecule is NNc1snnc1CN1CCN(c2ccccc2Cl)CC1. The molecular formula is C13H17ClN6S. The minimum atomic E-state index is 0.770. The van der Waals surface area contributed by atoms with Crippen molar-refractivity contribution in [2.24, 2.45) is 5.84 Å². The molecule has 2 heterocycles. The van der Waals surface area contributed by atoms with E-state index in [2.05, 4.69) is 30.9 Å². The van der Waals surface area contributed by atoms with Gasteiger partial charge in [0.1, 0.15) is 10.7 Å². The lowest BCUT2D eigenvalue weighted by molar-refractivity contribution is 0.247. The molecule has 3 rings (SSSR count). The third-order valence-corrected chi connectivity index (χ3v) is 4.64. The molecule has 21 heavy (non-hydrogen) atoms. The molecule has 1 aromatic heterocycles. The van der Waals surface area contributed by atoms with Crippen LogP contribution in [0.4, 0.5) is 10.7 Å². The number of nitrogens with two attached hydrogens (primary N) is 1. The lowest BCUT2D eigenvalue weighted by Crippen LogP contribution is -2.46. The zero-order valence-electron chi connectivity index (χ0n) is 11.5. The van der Waals surface area contributed by atoms with Crippen LogP contribution in [0.15, 0.2) is 24.3 Å². The predicted octanol–water partition coefficient (Wildman–Crippen LogP) is 1.80. The minimum absolute atomic E-state index is 0.770. The average molecular weight is 325 g/mol. The van der Waals surface area contributed by atoms with Crippen LogP contribution < -0.4 is 16.2 Å².